The van der Waals surface area contributed by atoms with E-state index in [0.29, 0.717) is 11.6 Å². The summed E-state index contributed by atoms with van der Waals surface area (Å²) in [5, 5.41) is 11.7. The van der Waals surface area contributed by atoms with Crippen LogP contribution in [0.15, 0.2) is 5.38 Å². The van der Waals surface area contributed by atoms with Crippen molar-refractivity contribution >= 4 is 17.3 Å². The van der Waals surface area contributed by atoms with E-state index in [1.54, 1.807) is 11.3 Å². The van der Waals surface area contributed by atoms with Crippen molar-refractivity contribution in [3.8, 4) is 0 Å². The number of aromatic nitrogens is 1. The van der Waals surface area contributed by atoms with Gasteiger partial charge >= 0.3 is 5.97 Å². The van der Waals surface area contributed by atoms with Crippen molar-refractivity contribution < 1.29 is 9.90 Å². The molecule has 0 radical (unpaired) electrons. The summed E-state index contributed by atoms with van der Waals surface area (Å²) < 4.78 is 0. The van der Waals surface area contributed by atoms with Gasteiger partial charge in [0.15, 0.2) is 0 Å². The first kappa shape index (κ1) is 11.6. The molecule has 0 aromatic carbocycles. The van der Waals surface area contributed by atoms with E-state index in [9.17, 15) is 4.79 Å². The van der Waals surface area contributed by atoms with Crippen LogP contribution in [0.1, 0.15) is 49.2 Å². The Kier molecular flexibility index (Phi) is 3.59. The minimum Gasteiger partial charge on any atom is -0.481 e. The predicted octanol–water partition coefficient (Wildman–Crippen LogP) is 3.06. The molecule has 1 N–H and O–H groups in total. The molecule has 0 spiro atoms. The van der Waals surface area contributed by atoms with Crippen LogP contribution in [0.5, 0.6) is 0 Å². The summed E-state index contributed by atoms with van der Waals surface area (Å²) in [4.78, 5) is 15.0. The Morgan fingerprint density at radius 3 is 2.81 bits per heavy atom. The number of carboxylic acids is 1. The summed E-state index contributed by atoms with van der Waals surface area (Å²) in [5.41, 5.74) is 0.714. The molecule has 4 heteroatoms. The largest absolute Gasteiger partial charge is 0.481 e. The second kappa shape index (κ2) is 4.95. The summed E-state index contributed by atoms with van der Waals surface area (Å²) in [6, 6.07) is 0. The van der Waals surface area contributed by atoms with Gasteiger partial charge in [0.2, 0.25) is 0 Å². The van der Waals surface area contributed by atoms with E-state index in [1.807, 2.05) is 5.38 Å². The average Bonchev–Trinajstić information content (AvgIpc) is 2.66. The zero-order chi connectivity index (χ0) is 11.5. The summed E-state index contributed by atoms with van der Waals surface area (Å²) >= 11 is 1.62. The molecule has 0 unspecified atom stereocenters. The van der Waals surface area contributed by atoms with Gasteiger partial charge in [0, 0.05) is 11.3 Å². The minimum atomic E-state index is -0.797. The maximum absolute atomic E-state index is 10.6. The van der Waals surface area contributed by atoms with Crippen molar-refractivity contribution in [2.24, 2.45) is 5.92 Å². The maximum atomic E-state index is 10.6. The van der Waals surface area contributed by atoms with E-state index >= 15 is 0 Å². The number of aliphatic carboxylic acids is 1. The van der Waals surface area contributed by atoms with Crippen molar-refractivity contribution in [3.05, 3.63) is 16.1 Å². The molecule has 1 fully saturated rings. The van der Waals surface area contributed by atoms with E-state index in [0.717, 1.165) is 10.9 Å². The quantitative estimate of drug-likeness (QED) is 0.882. The smallest absolute Gasteiger partial charge is 0.309 e. The topological polar surface area (TPSA) is 50.2 Å². The lowest BCUT2D eigenvalue weighted by Crippen LogP contribution is -2.10. The Morgan fingerprint density at radius 1 is 1.50 bits per heavy atom. The molecule has 1 aromatic rings. The molecule has 0 atom stereocenters. The molecule has 1 aromatic heterocycles. The van der Waals surface area contributed by atoms with Gasteiger partial charge < -0.3 is 5.11 Å². The molecule has 0 amide bonds. The Balaban J connectivity index is 1.99. The van der Waals surface area contributed by atoms with E-state index < -0.39 is 5.97 Å². The first-order valence-electron chi connectivity index (χ1n) is 5.81. The number of carboxylic acid groups (broad SMARTS) is 1. The van der Waals surface area contributed by atoms with Crippen LogP contribution in [0.4, 0.5) is 0 Å². The molecule has 1 aliphatic rings. The maximum Gasteiger partial charge on any atom is 0.309 e. The fraction of sp³-hybridized carbons (Fsp3) is 0.667. The van der Waals surface area contributed by atoms with Crippen LogP contribution >= 0.6 is 11.3 Å². The van der Waals surface area contributed by atoms with E-state index in [1.165, 1.54) is 25.7 Å². The molecule has 0 saturated heterocycles. The minimum absolute atomic E-state index is 0.0552. The van der Waals surface area contributed by atoms with Crippen molar-refractivity contribution in [2.45, 2.75) is 44.9 Å². The standard InChI is InChI=1S/C12H17NO2S/c1-8-2-4-9(5-3-8)12-13-10(7-16-12)6-11(14)15/h7-9H,2-6H2,1H3,(H,14,15). The third-order valence-corrected chi connectivity index (χ3v) is 4.32. The van der Waals surface area contributed by atoms with E-state index in [-0.39, 0.29) is 6.42 Å². The molecule has 0 bridgehead atoms. The van der Waals surface area contributed by atoms with Crippen LogP contribution in [-0.2, 0) is 11.2 Å². The second-order valence-electron chi connectivity index (χ2n) is 4.70. The van der Waals surface area contributed by atoms with E-state index in [2.05, 4.69) is 11.9 Å². The van der Waals surface area contributed by atoms with Gasteiger partial charge in [-0.15, -0.1) is 11.3 Å². The Morgan fingerprint density at radius 2 is 2.19 bits per heavy atom. The van der Waals surface area contributed by atoms with Gasteiger partial charge in [-0.1, -0.05) is 19.8 Å². The van der Waals surface area contributed by atoms with Crippen molar-refractivity contribution in [2.75, 3.05) is 0 Å². The summed E-state index contributed by atoms with van der Waals surface area (Å²) in [6.45, 7) is 2.30. The molecule has 88 valence electrons. The monoisotopic (exact) mass is 239 g/mol. The number of rotatable bonds is 3. The predicted molar refractivity (Wildman–Crippen MR) is 63.8 cm³/mol. The zero-order valence-corrected chi connectivity index (χ0v) is 10.3. The highest BCUT2D eigenvalue weighted by Gasteiger charge is 2.22. The van der Waals surface area contributed by atoms with Gasteiger partial charge in [0.1, 0.15) is 0 Å². The van der Waals surface area contributed by atoms with Crippen molar-refractivity contribution in [1.82, 2.24) is 4.98 Å². The first-order valence-corrected chi connectivity index (χ1v) is 6.69. The van der Waals surface area contributed by atoms with Gasteiger partial charge in [0.25, 0.3) is 0 Å². The number of hydrogen-bond acceptors (Lipinski definition) is 3. The van der Waals surface area contributed by atoms with Gasteiger partial charge in [-0.2, -0.15) is 0 Å². The number of hydrogen-bond donors (Lipinski definition) is 1. The molecule has 0 aliphatic heterocycles. The van der Waals surface area contributed by atoms with Gasteiger partial charge in [-0.05, 0) is 18.8 Å². The van der Waals surface area contributed by atoms with Crippen LogP contribution in [0, 0.1) is 5.92 Å². The highest BCUT2D eigenvalue weighted by atomic mass is 32.1. The molecule has 2 rings (SSSR count). The Bertz CT molecular complexity index is 367. The normalized spacial score (nSPS) is 25.6. The summed E-state index contributed by atoms with van der Waals surface area (Å²) in [7, 11) is 0. The lowest BCUT2D eigenvalue weighted by Gasteiger charge is -2.24. The molecule has 1 heterocycles. The molecule has 3 nitrogen and oxygen atoms in total. The zero-order valence-electron chi connectivity index (χ0n) is 9.48. The third kappa shape index (κ3) is 2.82. The molecular formula is C12H17NO2S. The third-order valence-electron chi connectivity index (χ3n) is 3.27. The van der Waals surface area contributed by atoms with Crippen molar-refractivity contribution in [1.29, 1.82) is 0 Å². The first-order chi connectivity index (χ1) is 7.65. The van der Waals surface area contributed by atoms with Crippen LogP contribution in [0.3, 0.4) is 0 Å². The SMILES string of the molecule is CC1CCC(c2nc(CC(=O)O)cs2)CC1. The lowest BCUT2D eigenvalue weighted by atomic mass is 9.83. The lowest BCUT2D eigenvalue weighted by molar-refractivity contribution is -0.136. The van der Waals surface area contributed by atoms with Gasteiger partial charge in [0.05, 0.1) is 17.1 Å². The van der Waals surface area contributed by atoms with Gasteiger partial charge in [-0.25, -0.2) is 4.98 Å². The number of carbonyl (C=O) groups is 1. The summed E-state index contributed by atoms with van der Waals surface area (Å²) in [6.07, 6.45) is 5.03. The van der Waals surface area contributed by atoms with Crippen LogP contribution in [-0.4, -0.2) is 16.1 Å². The number of nitrogens with zero attached hydrogens (tertiary/aromatic N) is 1. The number of thiazole rings is 1. The molecular weight excluding hydrogens is 222 g/mol. The second-order valence-corrected chi connectivity index (χ2v) is 5.59. The average molecular weight is 239 g/mol. The van der Waals surface area contributed by atoms with Crippen LogP contribution < -0.4 is 0 Å². The molecule has 1 aliphatic carbocycles. The fourth-order valence-electron chi connectivity index (χ4n) is 2.25. The molecule has 1 saturated carbocycles. The Hall–Kier alpha value is -0.900. The fourth-order valence-corrected chi connectivity index (χ4v) is 3.24. The van der Waals surface area contributed by atoms with Crippen LogP contribution in [0.2, 0.25) is 0 Å². The Labute approximate surface area is 99.5 Å². The molecule has 16 heavy (non-hydrogen) atoms. The van der Waals surface area contributed by atoms with Crippen LogP contribution in [0.25, 0.3) is 0 Å². The van der Waals surface area contributed by atoms with E-state index in [4.69, 9.17) is 5.11 Å². The highest BCUT2D eigenvalue weighted by molar-refractivity contribution is 7.09. The highest BCUT2D eigenvalue weighted by Crippen LogP contribution is 2.36. The summed E-state index contributed by atoms with van der Waals surface area (Å²) in [5.74, 6) is 0.618. The van der Waals surface area contributed by atoms with Crippen molar-refractivity contribution in [3.63, 3.8) is 0 Å². The van der Waals surface area contributed by atoms with Gasteiger partial charge in [-0.3, -0.25) is 4.79 Å².